The van der Waals surface area contributed by atoms with Crippen LogP contribution < -0.4 is 14.2 Å². The Morgan fingerprint density at radius 3 is 2.58 bits per heavy atom. The van der Waals surface area contributed by atoms with E-state index in [0.29, 0.717) is 23.5 Å². The van der Waals surface area contributed by atoms with Gasteiger partial charge in [-0.2, -0.15) is 5.10 Å². The van der Waals surface area contributed by atoms with E-state index in [-0.39, 0.29) is 17.4 Å². The molecular formula is C25H21BrN2O5. The monoisotopic (exact) mass is 508 g/mol. The summed E-state index contributed by atoms with van der Waals surface area (Å²) in [5.74, 6) is 0.0509. The summed E-state index contributed by atoms with van der Waals surface area (Å²) in [5.41, 5.74) is 3.36. The molecule has 7 nitrogen and oxygen atoms in total. The van der Waals surface area contributed by atoms with Crippen LogP contribution in [-0.2, 0) is 0 Å². The maximum absolute atomic E-state index is 12.3. The molecule has 8 heteroatoms. The fourth-order valence-electron chi connectivity index (χ4n) is 4.44. The molecule has 33 heavy (non-hydrogen) atoms. The zero-order valence-electron chi connectivity index (χ0n) is 18.0. The number of carboxylic acid groups (broad SMARTS) is 1. The van der Waals surface area contributed by atoms with Crippen LogP contribution in [-0.4, -0.2) is 36.0 Å². The van der Waals surface area contributed by atoms with Gasteiger partial charge in [0, 0.05) is 22.0 Å². The van der Waals surface area contributed by atoms with Crippen molar-refractivity contribution in [2.24, 2.45) is 5.10 Å². The number of carbonyl (C=O) groups is 1. The van der Waals surface area contributed by atoms with Gasteiger partial charge < -0.3 is 19.3 Å². The summed E-state index contributed by atoms with van der Waals surface area (Å²) in [5, 5.41) is 16.8. The highest BCUT2D eigenvalue weighted by Gasteiger charge is 2.43. The Labute approximate surface area is 199 Å². The summed E-state index contributed by atoms with van der Waals surface area (Å²) in [6, 6.07) is 19.1. The van der Waals surface area contributed by atoms with Gasteiger partial charge >= 0.3 is 5.97 Å². The minimum absolute atomic E-state index is 0.00970. The highest BCUT2D eigenvalue weighted by molar-refractivity contribution is 9.10. The second-order valence-corrected chi connectivity index (χ2v) is 8.65. The normalized spacial score (nSPS) is 18.6. The molecule has 0 amide bonds. The molecule has 168 valence electrons. The lowest BCUT2D eigenvalue weighted by Gasteiger charge is -2.38. The van der Waals surface area contributed by atoms with Gasteiger partial charge in [0.2, 0.25) is 6.23 Å². The first-order chi connectivity index (χ1) is 16.0. The van der Waals surface area contributed by atoms with Gasteiger partial charge in [0.1, 0.15) is 11.3 Å². The summed E-state index contributed by atoms with van der Waals surface area (Å²) in [7, 11) is 2.90. The number of hydrogen-bond donors (Lipinski definition) is 1. The molecule has 3 aromatic rings. The van der Waals surface area contributed by atoms with Crippen LogP contribution in [0.3, 0.4) is 0 Å². The number of aromatic carboxylic acids is 1. The molecule has 0 spiro atoms. The molecule has 0 unspecified atom stereocenters. The van der Waals surface area contributed by atoms with Crippen molar-refractivity contribution in [1.82, 2.24) is 5.01 Å². The molecule has 0 radical (unpaired) electrons. The van der Waals surface area contributed by atoms with Crippen LogP contribution in [0.15, 0.2) is 70.2 Å². The molecule has 0 aliphatic carbocycles. The number of rotatable bonds is 5. The third kappa shape index (κ3) is 3.60. The first kappa shape index (κ1) is 21.3. The van der Waals surface area contributed by atoms with Crippen LogP contribution in [0.1, 0.15) is 45.7 Å². The second kappa shape index (κ2) is 8.44. The maximum Gasteiger partial charge on any atom is 0.340 e. The summed E-state index contributed by atoms with van der Waals surface area (Å²) >= 11 is 3.55. The Kier molecular flexibility index (Phi) is 5.46. The third-order valence-electron chi connectivity index (χ3n) is 5.92. The molecule has 2 aliphatic rings. The largest absolute Gasteiger partial charge is 0.493 e. The molecule has 2 atom stereocenters. The summed E-state index contributed by atoms with van der Waals surface area (Å²) in [6.45, 7) is 0. The highest BCUT2D eigenvalue weighted by atomic mass is 79.9. The van der Waals surface area contributed by atoms with Crippen LogP contribution in [0.4, 0.5) is 0 Å². The topological polar surface area (TPSA) is 80.6 Å². The van der Waals surface area contributed by atoms with Gasteiger partial charge in [-0.15, -0.1) is 0 Å². The Bertz CT molecular complexity index is 1260. The van der Waals surface area contributed by atoms with Crippen molar-refractivity contribution < 1.29 is 24.1 Å². The van der Waals surface area contributed by atoms with Gasteiger partial charge in [-0.25, -0.2) is 9.80 Å². The number of hydrazone groups is 1. The van der Waals surface area contributed by atoms with Crippen molar-refractivity contribution in [2.45, 2.75) is 18.7 Å². The third-order valence-corrected chi connectivity index (χ3v) is 6.41. The van der Waals surface area contributed by atoms with Crippen LogP contribution in [0, 0.1) is 0 Å². The molecule has 0 saturated heterocycles. The molecule has 0 fully saturated rings. The molecule has 2 aliphatic heterocycles. The van der Waals surface area contributed by atoms with E-state index in [0.717, 1.165) is 21.3 Å². The van der Waals surface area contributed by atoms with Gasteiger partial charge in [0.15, 0.2) is 11.5 Å². The summed E-state index contributed by atoms with van der Waals surface area (Å²) < 4.78 is 18.1. The van der Waals surface area contributed by atoms with Gasteiger partial charge in [-0.1, -0.05) is 46.3 Å². The number of fused-ring (bicyclic) bond motifs is 3. The van der Waals surface area contributed by atoms with E-state index in [4.69, 9.17) is 19.3 Å². The van der Waals surface area contributed by atoms with Crippen molar-refractivity contribution >= 4 is 27.6 Å². The molecular weight excluding hydrogens is 488 g/mol. The predicted molar refractivity (Wildman–Crippen MR) is 126 cm³/mol. The lowest BCUT2D eigenvalue weighted by molar-refractivity contribution is -0.0199. The fraction of sp³-hybridized carbons (Fsp3) is 0.200. The number of carboxylic acids is 1. The first-order valence-electron chi connectivity index (χ1n) is 10.4. The number of methoxy groups -OCH3 is 2. The Morgan fingerprint density at radius 2 is 1.88 bits per heavy atom. The van der Waals surface area contributed by atoms with Gasteiger partial charge in [0.25, 0.3) is 0 Å². The Hall–Kier alpha value is -3.52. The SMILES string of the molecule is COc1ccc([C@@H]2Oc3ccc(Br)cc3[C@@H]3CC(c4ccccc4)=NN32)c(C(=O)O)c1OC. The summed E-state index contributed by atoms with van der Waals surface area (Å²) in [4.78, 5) is 12.3. The zero-order valence-corrected chi connectivity index (χ0v) is 19.6. The molecule has 1 N–H and O–H groups in total. The lowest BCUT2D eigenvalue weighted by atomic mass is 9.95. The Balaban J connectivity index is 1.68. The number of nitrogens with zero attached hydrogens (tertiary/aromatic N) is 2. The van der Waals surface area contributed by atoms with Crippen LogP contribution in [0.5, 0.6) is 17.2 Å². The van der Waals surface area contributed by atoms with Crippen LogP contribution >= 0.6 is 15.9 Å². The molecule has 3 aromatic carbocycles. The first-order valence-corrected chi connectivity index (χ1v) is 11.2. The van der Waals surface area contributed by atoms with Gasteiger partial charge in [-0.05, 0) is 35.9 Å². The minimum atomic E-state index is -1.13. The van der Waals surface area contributed by atoms with Crippen LogP contribution in [0.2, 0.25) is 0 Å². The Morgan fingerprint density at radius 1 is 1.09 bits per heavy atom. The molecule has 0 bridgehead atoms. The van der Waals surface area contributed by atoms with Gasteiger partial charge in [-0.3, -0.25) is 0 Å². The van der Waals surface area contributed by atoms with Crippen molar-refractivity contribution in [1.29, 1.82) is 0 Å². The number of benzene rings is 3. The molecule has 5 rings (SSSR count). The zero-order chi connectivity index (χ0) is 23.1. The maximum atomic E-state index is 12.3. The number of halogens is 1. The highest BCUT2D eigenvalue weighted by Crippen LogP contribution is 2.50. The van der Waals surface area contributed by atoms with Crippen molar-refractivity contribution in [2.75, 3.05) is 14.2 Å². The molecule has 0 saturated carbocycles. The fourth-order valence-corrected chi connectivity index (χ4v) is 4.82. The smallest absolute Gasteiger partial charge is 0.340 e. The van der Waals surface area contributed by atoms with Crippen molar-refractivity contribution in [3.63, 3.8) is 0 Å². The van der Waals surface area contributed by atoms with E-state index in [9.17, 15) is 9.90 Å². The van der Waals surface area contributed by atoms with E-state index in [1.54, 1.807) is 12.1 Å². The quantitative estimate of drug-likeness (QED) is 0.496. The number of hydrogen-bond acceptors (Lipinski definition) is 6. The molecule has 2 heterocycles. The van der Waals surface area contributed by atoms with E-state index in [1.165, 1.54) is 14.2 Å². The molecule has 0 aromatic heterocycles. The van der Waals surface area contributed by atoms with E-state index in [2.05, 4.69) is 15.9 Å². The van der Waals surface area contributed by atoms with Crippen LogP contribution in [0.25, 0.3) is 0 Å². The van der Waals surface area contributed by atoms with E-state index >= 15 is 0 Å². The predicted octanol–water partition coefficient (Wildman–Crippen LogP) is 5.41. The second-order valence-electron chi connectivity index (χ2n) is 7.74. The van der Waals surface area contributed by atoms with Crippen molar-refractivity contribution in [3.05, 3.63) is 87.4 Å². The van der Waals surface area contributed by atoms with Gasteiger partial charge in [0.05, 0.1) is 26.0 Å². The summed E-state index contributed by atoms with van der Waals surface area (Å²) in [6.07, 6.45) is -0.0842. The number of ether oxygens (including phenoxy) is 3. The average Bonchev–Trinajstić information content (AvgIpc) is 3.29. The average molecular weight is 509 g/mol. The lowest BCUT2D eigenvalue weighted by Crippen LogP contribution is -2.34. The minimum Gasteiger partial charge on any atom is -0.493 e. The standard InChI is InChI=1S/C25H21BrN2O5/c1-31-21-11-9-16(22(25(29)30)23(21)32-2)24-28-19(17-12-15(26)8-10-20(17)33-24)13-18(27-28)14-6-4-3-5-7-14/h3-12,19,24H,13H2,1-2H3,(H,29,30)/t19-,24-/m0/s1. The van der Waals surface area contributed by atoms with E-state index in [1.807, 2.05) is 53.5 Å². The van der Waals surface area contributed by atoms with E-state index < -0.39 is 12.2 Å². The van der Waals surface area contributed by atoms with Crippen molar-refractivity contribution in [3.8, 4) is 17.2 Å².